The van der Waals surface area contributed by atoms with Crippen LogP contribution in [0.3, 0.4) is 0 Å². The first kappa shape index (κ1) is 17.2. The zero-order valence-electron chi connectivity index (χ0n) is 14.3. The monoisotopic (exact) mass is 334 g/mol. The van der Waals surface area contributed by atoms with E-state index in [9.17, 15) is 5.11 Å². The lowest BCUT2D eigenvalue weighted by Gasteiger charge is -2.13. The minimum atomic E-state index is 0.0360. The predicted octanol–water partition coefficient (Wildman–Crippen LogP) is 4.23. The van der Waals surface area contributed by atoms with Crippen molar-refractivity contribution in [3.05, 3.63) is 89.0 Å². The maximum atomic E-state index is 9.34. The van der Waals surface area contributed by atoms with E-state index in [1.807, 2.05) is 48.5 Å². The minimum Gasteiger partial charge on any atom is -0.489 e. The van der Waals surface area contributed by atoms with Gasteiger partial charge in [0.25, 0.3) is 0 Å². The van der Waals surface area contributed by atoms with E-state index in [1.54, 1.807) is 0 Å². The number of benzene rings is 3. The molecule has 3 rings (SSSR count). The second-order valence-electron chi connectivity index (χ2n) is 6.04. The summed E-state index contributed by atoms with van der Waals surface area (Å²) in [6, 6.07) is 21.6. The maximum absolute atomic E-state index is 9.34. The number of hydrogen-bond acceptors (Lipinski definition) is 3. The molecule has 0 atom stereocenters. The standard InChI is InChI=1S/C22H22O3/c1-16-20(15-25-21-10-8-17(13-23)9-11-21)6-3-7-22(16)19-5-2-4-18(12-19)14-24/h2-12,23-24H,13-15H2,1H3. The number of aliphatic hydroxyl groups excluding tert-OH is 2. The molecule has 0 heterocycles. The van der Waals surface area contributed by atoms with Crippen LogP contribution in [0, 0.1) is 6.92 Å². The zero-order valence-corrected chi connectivity index (χ0v) is 14.3. The summed E-state index contributed by atoms with van der Waals surface area (Å²) in [5.41, 5.74) is 6.31. The molecular formula is C22H22O3. The van der Waals surface area contributed by atoms with Gasteiger partial charge in [0.2, 0.25) is 0 Å². The lowest BCUT2D eigenvalue weighted by molar-refractivity contribution is 0.280. The molecule has 3 heteroatoms. The molecule has 0 aromatic heterocycles. The Morgan fingerprint density at radius 1 is 0.800 bits per heavy atom. The Morgan fingerprint density at radius 3 is 2.24 bits per heavy atom. The van der Waals surface area contributed by atoms with Crippen molar-refractivity contribution < 1.29 is 14.9 Å². The summed E-state index contributed by atoms with van der Waals surface area (Å²) in [5.74, 6) is 0.782. The number of aliphatic hydroxyl groups is 2. The second kappa shape index (κ2) is 7.97. The summed E-state index contributed by atoms with van der Waals surface area (Å²) in [6.07, 6.45) is 0. The SMILES string of the molecule is Cc1c(COc2ccc(CO)cc2)cccc1-c1cccc(CO)c1. The Hall–Kier alpha value is -2.62. The van der Waals surface area contributed by atoms with Crippen molar-refractivity contribution in [3.8, 4) is 16.9 Å². The van der Waals surface area contributed by atoms with E-state index in [4.69, 9.17) is 9.84 Å². The lowest BCUT2D eigenvalue weighted by Crippen LogP contribution is -1.99. The van der Waals surface area contributed by atoms with E-state index >= 15 is 0 Å². The Labute approximate surface area is 148 Å². The van der Waals surface area contributed by atoms with Gasteiger partial charge in [0.15, 0.2) is 0 Å². The topological polar surface area (TPSA) is 49.7 Å². The van der Waals surface area contributed by atoms with E-state index < -0.39 is 0 Å². The molecule has 0 amide bonds. The van der Waals surface area contributed by atoms with Crippen LogP contribution in [0.25, 0.3) is 11.1 Å². The van der Waals surface area contributed by atoms with Crippen molar-refractivity contribution in [2.45, 2.75) is 26.7 Å². The van der Waals surface area contributed by atoms with Crippen molar-refractivity contribution in [1.82, 2.24) is 0 Å². The molecule has 0 unspecified atom stereocenters. The summed E-state index contributed by atoms with van der Waals surface area (Å²) < 4.78 is 5.89. The summed E-state index contributed by atoms with van der Waals surface area (Å²) in [7, 11) is 0. The van der Waals surface area contributed by atoms with Crippen LogP contribution < -0.4 is 4.74 Å². The highest BCUT2D eigenvalue weighted by Crippen LogP contribution is 2.27. The molecule has 0 saturated heterocycles. The highest BCUT2D eigenvalue weighted by molar-refractivity contribution is 5.69. The summed E-state index contributed by atoms with van der Waals surface area (Å²) in [4.78, 5) is 0. The summed E-state index contributed by atoms with van der Waals surface area (Å²) in [6.45, 7) is 2.65. The molecule has 0 fully saturated rings. The molecule has 0 aliphatic rings. The Bertz CT molecular complexity index is 838. The van der Waals surface area contributed by atoms with Gasteiger partial charge in [-0.25, -0.2) is 0 Å². The fraction of sp³-hybridized carbons (Fsp3) is 0.182. The fourth-order valence-electron chi connectivity index (χ4n) is 2.84. The maximum Gasteiger partial charge on any atom is 0.119 e. The molecule has 3 nitrogen and oxygen atoms in total. The van der Waals surface area contributed by atoms with Crippen molar-refractivity contribution in [2.75, 3.05) is 0 Å². The Balaban J connectivity index is 1.80. The second-order valence-corrected chi connectivity index (χ2v) is 6.04. The largest absolute Gasteiger partial charge is 0.489 e. The van der Waals surface area contributed by atoms with E-state index in [2.05, 4.69) is 25.1 Å². The Kier molecular flexibility index (Phi) is 5.49. The predicted molar refractivity (Wildman–Crippen MR) is 99.2 cm³/mol. The minimum absolute atomic E-state index is 0.0360. The molecule has 0 aliphatic carbocycles. The molecule has 0 bridgehead atoms. The van der Waals surface area contributed by atoms with Crippen molar-refractivity contribution in [3.63, 3.8) is 0 Å². The van der Waals surface area contributed by atoms with Crippen LogP contribution >= 0.6 is 0 Å². The van der Waals surface area contributed by atoms with Gasteiger partial charge in [-0.3, -0.25) is 0 Å². The highest BCUT2D eigenvalue weighted by Gasteiger charge is 2.07. The molecule has 0 aliphatic heterocycles. The van der Waals surface area contributed by atoms with Gasteiger partial charge >= 0.3 is 0 Å². The molecule has 0 radical (unpaired) electrons. The molecule has 3 aromatic carbocycles. The third-order valence-electron chi connectivity index (χ3n) is 4.37. The van der Waals surface area contributed by atoms with E-state index in [0.29, 0.717) is 6.61 Å². The van der Waals surface area contributed by atoms with Gasteiger partial charge < -0.3 is 14.9 Å². The van der Waals surface area contributed by atoms with Crippen LogP contribution in [0.15, 0.2) is 66.7 Å². The fourth-order valence-corrected chi connectivity index (χ4v) is 2.84. The molecular weight excluding hydrogens is 312 g/mol. The summed E-state index contributed by atoms with van der Waals surface area (Å²) in [5, 5.41) is 18.4. The molecule has 0 spiro atoms. The van der Waals surface area contributed by atoms with Crippen molar-refractivity contribution in [2.24, 2.45) is 0 Å². The van der Waals surface area contributed by atoms with Crippen LogP contribution in [0.4, 0.5) is 0 Å². The normalized spacial score (nSPS) is 10.7. The molecule has 0 saturated carbocycles. The average Bonchev–Trinajstić information content (AvgIpc) is 2.67. The summed E-state index contributed by atoms with van der Waals surface area (Å²) >= 11 is 0. The smallest absolute Gasteiger partial charge is 0.119 e. The number of ether oxygens (including phenoxy) is 1. The zero-order chi connectivity index (χ0) is 17.6. The van der Waals surface area contributed by atoms with Crippen molar-refractivity contribution >= 4 is 0 Å². The lowest BCUT2D eigenvalue weighted by atomic mass is 9.95. The first-order valence-corrected chi connectivity index (χ1v) is 8.32. The van der Waals surface area contributed by atoms with Gasteiger partial charge in [-0.2, -0.15) is 0 Å². The van der Waals surface area contributed by atoms with Gasteiger partial charge in [0, 0.05) is 0 Å². The average molecular weight is 334 g/mol. The Morgan fingerprint density at radius 2 is 1.52 bits per heavy atom. The van der Waals surface area contributed by atoms with E-state index in [1.165, 1.54) is 5.56 Å². The number of hydrogen-bond donors (Lipinski definition) is 2. The van der Waals surface area contributed by atoms with Crippen LogP contribution in [0.2, 0.25) is 0 Å². The quantitative estimate of drug-likeness (QED) is 0.709. The molecule has 25 heavy (non-hydrogen) atoms. The molecule has 3 aromatic rings. The first-order chi connectivity index (χ1) is 12.2. The van der Waals surface area contributed by atoms with E-state index in [0.717, 1.165) is 33.6 Å². The van der Waals surface area contributed by atoms with Crippen LogP contribution in [0.1, 0.15) is 22.3 Å². The van der Waals surface area contributed by atoms with Gasteiger partial charge in [0.05, 0.1) is 13.2 Å². The van der Waals surface area contributed by atoms with E-state index in [-0.39, 0.29) is 13.2 Å². The third-order valence-corrected chi connectivity index (χ3v) is 4.37. The van der Waals surface area contributed by atoms with Crippen molar-refractivity contribution in [1.29, 1.82) is 0 Å². The molecule has 2 N–H and O–H groups in total. The van der Waals surface area contributed by atoms with Crippen LogP contribution in [0.5, 0.6) is 5.75 Å². The third kappa shape index (κ3) is 4.08. The molecule has 128 valence electrons. The van der Waals surface area contributed by atoms with Gasteiger partial charge in [0.1, 0.15) is 12.4 Å². The van der Waals surface area contributed by atoms with Gasteiger partial charge in [-0.1, -0.05) is 48.5 Å². The van der Waals surface area contributed by atoms with Gasteiger partial charge in [-0.15, -0.1) is 0 Å². The van der Waals surface area contributed by atoms with Gasteiger partial charge in [-0.05, 0) is 58.5 Å². The first-order valence-electron chi connectivity index (χ1n) is 8.32. The van der Waals surface area contributed by atoms with Crippen LogP contribution in [-0.4, -0.2) is 10.2 Å². The highest BCUT2D eigenvalue weighted by atomic mass is 16.5. The number of rotatable bonds is 6. The van der Waals surface area contributed by atoms with Crippen LogP contribution in [-0.2, 0) is 19.8 Å².